The lowest BCUT2D eigenvalue weighted by Crippen LogP contribution is -2.23. The molecule has 0 aliphatic carbocycles. The highest BCUT2D eigenvalue weighted by atomic mass is 15.1. The molecule has 1 aromatic carbocycles. The van der Waals surface area contributed by atoms with Gasteiger partial charge in [-0.3, -0.25) is 0 Å². The molecule has 1 aliphatic heterocycles. The van der Waals surface area contributed by atoms with Crippen molar-refractivity contribution in [3.8, 4) is 0 Å². The first kappa shape index (κ1) is 9.07. The molecule has 0 bridgehead atoms. The summed E-state index contributed by atoms with van der Waals surface area (Å²) in [5.41, 5.74) is 2.63. The van der Waals surface area contributed by atoms with Gasteiger partial charge in [0.15, 0.2) is 0 Å². The Balaban J connectivity index is 2.37. The molecular weight excluding hydrogens is 170 g/mol. The zero-order valence-corrected chi connectivity index (χ0v) is 8.32. The standard InChI is InChI=1S/C13H15N/c1-2-10-14-11-6-5-8-12-7-3-4-9-13(12)14/h2-5,7-9H,1,6,10-11H2. The smallest absolute Gasteiger partial charge is 0.0442 e. The zero-order valence-electron chi connectivity index (χ0n) is 8.32. The highest BCUT2D eigenvalue weighted by molar-refractivity contribution is 5.69. The predicted octanol–water partition coefficient (Wildman–Crippen LogP) is 3.10. The Kier molecular flexibility index (Phi) is 2.68. The van der Waals surface area contributed by atoms with E-state index in [1.165, 1.54) is 11.3 Å². The second-order valence-corrected chi connectivity index (χ2v) is 3.48. The van der Waals surface area contributed by atoms with Gasteiger partial charge >= 0.3 is 0 Å². The molecule has 0 aromatic heterocycles. The molecule has 1 aromatic rings. The van der Waals surface area contributed by atoms with Crippen molar-refractivity contribution in [1.82, 2.24) is 0 Å². The highest BCUT2D eigenvalue weighted by Crippen LogP contribution is 2.24. The summed E-state index contributed by atoms with van der Waals surface area (Å²) in [5.74, 6) is 0. The van der Waals surface area contributed by atoms with E-state index in [4.69, 9.17) is 0 Å². The maximum Gasteiger partial charge on any atom is 0.0442 e. The van der Waals surface area contributed by atoms with Gasteiger partial charge in [-0.25, -0.2) is 0 Å². The van der Waals surface area contributed by atoms with E-state index in [1.807, 2.05) is 6.08 Å². The molecule has 0 amide bonds. The molecule has 1 heterocycles. The van der Waals surface area contributed by atoms with E-state index in [-0.39, 0.29) is 0 Å². The highest BCUT2D eigenvalue weighted by Gasteiger charge is 2.09. The first-order valence-corrected chi connectivity index (χ1v) is 5.03. The monoisotopic (exact) mass is 185 g/mol. The third-order valence-electron chi connectivity index (χ3n) is 2.49. The Labute approximate surface area is 85.4 Å². The zero-order chi connectivity index (χ0) is 9.80. The van der Waals surface area contributed by atoms with Crippen LogP contribution in [0.5, 0.6) is 0 Å². The van der Waals surface area contributed by atoms with Crippen molar-refractivity contribution in [1.29, 1.82) is 0 Å². The minimum atomic E-state index is 0.929. The lowest BCUT2D eigenvalue weighted by Gasteiger charge is -2.23. The van der Waals surface area contributed by atoms with Gasteiger partial charge in [-0.2, -0.15) is 0 Å². The largest absolute Gasteiger partial charge is 0.367 e. The van der Waals surface area contributed by atoms with Crippen LogP contribution < -0.4 is 4.90 Å². The molecule has 0 unspecified atom stereocenters. The lowest BCUT2D eigenvalue weighted by atomic mass is 10.1. The summed E-state index contributed by atoms with van der Waals surface area (Å²) < 4.78 is 0. The van der Waals surface area contributed by atoms with Crippen LogP contribution in [0.3, 0.4) is 0 Å². The van der Waals surface area contributed by atoms with Gasteiger partial charge in [0.05, 0.1) is 0 Å². The Morgan fingerprint density at radius 2 is 2.21 bits per heavy atom. The number of anilines is 1. The van der Waals surface area contributed by atoms with Crippen LogP contribution in [-0.2, 0) is 0 Å². The summed E-state index contributed by atoms with van der Waals surface area (Å²) >= 11 is 0. The predicted molar refractivity (Wildman–Crippen MR) is 62.5 cm³/mol. The van der Waals surface area contributed by atoms with Gasteiger partial charge in [0.25, 0.3) is 0 Å². The average Bonchev–Trinajstić information content (AvgIpc) is 2.42. The molecule has 0 spiro atoms. The van der Waals surface area contributed by atoms with Crippen molar-refractivity contribution in [3.05, 3.63) is 48.6 Å². The van der Waals surface area contributed by atoms with Gasteiger partial charge in [0.2, 0.25) is 0 Å². The molecule has 1 aliphatic rings. The van der Waals surface area contributed by atoms with Crippen LogP contribution in [0.1, 0.15) is 12.0 Å². The van der Waals surface area contributed by atoms with Crippen molar-refractivity contribution in [3.63, 3.8) is 0 Å². The summed E-state index contributed by atoms with van der Waals surface area (Å²) in [4.78, 5) is 2.36. The summed E-state index contributed by atoms with van der Waals surface area (Å²) in [7, 11) is 0. The molecular formula is C13H15N. The van der Waals surface area contributed by atoms with Gasteiger partial charge < -0.3 is 4.90 Å². The summed E-state index contributed by atoms with van der Waals surface area (Å²) in [6.07, 6.45) is 7.52. The fourth-order valence-corrected chi connectivity index (χ4v) is 1.82. The fourth-order valence-electron chi connectivity index (χ4n) is 1.82. The summed E-state index contributed by atoms with van der Waals surface area (Å²) in [5, 5.41) is 0. The average molecular weight is 185 g/mol. The molecule has 0 radical (unpaired) electrons. The molecule has 0 saturated carbocycles. The van der Waals surface area contributed by atoms with Gasteiger partial charge in [-0.1, -0.05) is 36.4 Å². The lowest BCUT2D eigenvalue weighted by molar-refractivity contribution is 0.860. The Bertz CT molecular complexity index is 352. The van der Waals surface area contributed by atoms with E-state index in [0.29, 0.717) is 0 Å². The molecule has 2 rings (SSSR count). The topological polar surface area (TPSA) is 3.24 Å². The van der Waals surface area contributed by atoms with Crippen LogP contribution in [-0.4, -0.2) is 13.1 Å². The van der Waals surface area contributed by atoms with E-state index >= 15 is 0 Å². The van der Waals surface area contributed by atoms with Crippen LogP contribution in [0.2, 0.25) is 0 Å². The third kappa shape index (κ3) is 1.72. The Hall–Kier alpha value is -1.50. The summed E-state index contributed by atoms with van der Waals surface area (Å²) in [6, 6.07) is 8.51. The van der Waals surface area contributed by atoms with Crippen LogP contribution in [0, 0.1) is 0 Å². The van der Waals surface area contributed by atoms with Gasteiger partial charge in [-0.05, 0) is 18.1 Å². The quantitative estimate of drug-likeness (QED) is 0.640. The number of para-hydroxylation sites is 1. The van der Waals surface area contributed by atoms with Crippen molar-refractivity contribution >= 4 is 11.8 Å². The molecule has 72 valence electrons. The molecule has 0 fully saturated rings. The normalized spacial score (nSPS) is 14.7. The summed E-state index contributed by atoms with van der Waals surface area (Å²) in [6.45, 7) is 5.81. The Morgan fingerprint density at radius 1 is 1.36 bits per heavy atom. The number of fused-ring (bicyclic) bond motifs is 1. The van der Waals surface area contributed by atoms with Crippen LogP contribution in [0.15, 0.2) is 43.0 Å². The van der Waals surface area contributed by atoms with E-state index in [0.717, 1.165) is 19.5 Å². The molecule has 0 atom stereocenters. The van der Waals surface area contributed by atoms with Crippen LogP contribution in [0.25, 0.3) is 6.08 Å². The minimum Gasteiger partial charge on any atom is -0.367 e. The number of nitrogens with zero attached hydrogens (tertiary/aromatic N) is 1. The molecule has 1 nitrogen and oxygen atoms in total. The van der Waals surface area contributed by atoms with E-state index in [1.54, 1.807) is 0 Å². The first-order valence-electron chi connectivity index (χ1n) is 5.03. The van der Waals surface area contributed by atoms with Gasteiger partial charge in [0, 0.05) is 18.8 Å². The minimum absolute atomic E-state index is 0.929. The van der Waals surface area contributed by atoms with E-state index in [9.17, 15) is 0 Å². The molecule has 14 heavy (non-hydrogen) atoms. The van der Waals surface area contributed by atoms with Crippen molar-refractivity contribution < 1.29 is 0 Å². The number of benzene rings is 1. The van der Waals surface area contributed by atoms with Crippen LogP contribution in [0.4, 0.5) is 5.69 Å². The number of rotatable bonds is 2. The number of hydrogen-bond donors (Lipinski definition) is 0. The molecule has 0 N–H and O–H groups in total. The maximum atomic E-state index is 3.80. The first-order chi connectivity index (χ1) is 6.92. The van der Waals surface area contributed by atoms with Crippen molar-refractivity contribution in [2.75, 3.05) is 18.0 Å². The third-order valence-corrected chi connectivity index (χ3v) is 2.49. The van der Waals surface area contributed by atoms with Gasteiger partial charge in [-0.15, -0.1) is 6.58 Å². The van der Waals surface area contributed by atoms with Crippen molar-refractivity contribution in [2.24, 2.45) is 0 Å². The van der Waals surface area contributed by atoms with Crippen molar-refractivity contribution in [2.45, 2.75) is 6.42 Å². The SMILES string of the molecule is C=CCN1CCC=Cc2ccccc21. The van der Waals surface area contributed by atoms with Crippen LogP contribution >= 0.6 is 0 Å². The second kappa shape index (κ2) is 4.14. The molecule has 0 saturated heterocycles. The van der Waals surface area contributed by atoms with E-state index in [2.05, 4.69) is 47.9 Å². The molecule has 1 heteroatoms. The maximum absolute atomic E-state index is 3.80. The number of hydrogen-bond acceptors (Lipinski definition) is 1. The fraction of sp³-hybridized carbons (Fsp3) is 0.231. The Morgan fingerprint density at radius 3 is 3.07 bits per heavy atom. The van der Waals surface area contributed by atoms with Gasteiger partial charge in [0.1, 0.15) is 0 Å². The van der Waals surface area contributed by atoms with E-state index < -0.39 is 0 Å². The second-order valence-electron chi connectivity index (χ2n) is 3.48.